The first kappa shape index (κ1) is 12.3. The highest BCUT2D eigenvalue weighted by atomic mass is 35.5. The van der Waals surface area contributed by atoms with Crippen molar-refractivity contribution in [3.8, 4) is 0 Å². The molecule has 1 rings (SSSR count). The van der Waals surface area contributed by atoms with Gasteiger partial charge in [-0.1, -0.05) is 16.8 Å². The topological polar surface area (TPSA) is 101 Å². The number of rotatable bonds is 3. The van der Waals surface area contributed by atoms with Crippen LogP contribution >= 0.6 is 11.6 Å². The third-order valence-electron chi connectivity index (χ3n) is 1.87. The molecule has 1 heterocycles. The van der Waals surface area contributed by atoms with E-state index in [-0.39, 0.29) is 11.5 Å². The lowest BCUT2D eigenvalue weighted by atomic mass is 10.2. The maximum Gasteiger partial charge on any atom is 0.270 e. The van der Waals surface area contributed by atoms with E-state index in [0.29, 0.717) is 5.02 Å². The minimum Gasteiger partial charge on any atom is -0.409 e. The quantitative estimate of drug-likeness (QED) is 0.313. The van der Waals surface area contributed by atoms with E-state index in [4.69, 9.17) is 22.5 Å². The molecule has 0 aliphatic carbocycles. The molecule has 0 aliphatic rings. The second kappa shape index (κ2) is 5.32. The van der Waals surface area contributed by atoms with Crippen LogP contribution in [0, 0.1) is 0 Å². The number of hydrogen-bond acceptors (Lipinski definition) is 4. The number of amides is 1. The Morgan fingerprint density at radius 2 is 2.38 bits per heavy atom. The number of oxime groups is 1. The summed E-state index contributed by atoms with van der Waals surface area (Å²) in [6.07, 6.45) is 1.37. The van der Waals surface area contributed by atoms with Gasteiger partial charge in [0.15, 0.2) is 5.84 Å². The van der Waals surface area contributed by atoms with Crippen LogP contribution in [0.1, 0.15) is 17.4 Å². The summed E-state index contributed by atoms with van der Waals surface area (Å²) in [6, 6.07) is 2.46. The molecular formula is C9H11ClN4O2. The van der Waals surface area contributed by atoms with Crippen LogP contribution in [-0.4, -0.2) is 28.0 Å². The first-order valence-corrected chi connectivity index (χ1v) is 4.82. The van der Waals surface area contributed by atoms with Crippen LogP contribution in [0.2, 0.25) is 5.02 Å². The zero-order chi connectivity index (χ0) is 12.1. The van der Waals surface area contributed by atoms with Gasteiger partial charge in [-0.15, -0.1) is 0 Å². The largest absolute Gasteiger partial charge is 0.409 e. The van der Waals surface area contributed by atoms with Crippen molar-refractivity contribution in [1.29, 1.82) is 0 Å². The van der Waals surface area contributed by atoms with Crippen LogP contribution in [0.25, 0.3) is 0 Å². The fourth-order valence-corrected chi connectivity index (χ4v) is 1.05. The van der Waals surface area contributed by atoms with Crippen molar-refractivity contribution in [1.82, 2.24) is 10.3 Å². The van der Waals surface area contributed by atoms with Crippen molar-refractivity contribution < 1.29 is 10.0 Å². The van der Waals surface area contributed by atoms with E-state index >= 15 is 0 Å². The highest BCUT2D eigenvalue weighted by Crippen LogP contribution is 2.06. The summed E-state index contributed by atoms with van der Waals surface area (Å²) in [4.78, 5) is 15.4. The molecule has 4 N–H and O–H groups in total. The number of carbonyl (C=O) groups excluding carboxylic acids is 1. The van der Waals surface area contributed by atoms with Gasteiger partial charge in [-0.05, 0) is 19.1 Å². The molecule has 0 bridgehead atoms. The molecule has 0 aliphatic heterocycles. The van der Waals surface area contributed by atoms with Gasteiger partial charge in [0.25, 0.3) is 5.91 Å². The Hall–Kier alpha value is -1.82. The Morgan fingerprint density at radius 3 is 2.88 bits per heavy atom. The van der Waals surface area contributed by atoms with Crippen molar-refractivity contribution in [3.63, 3.8) is 0 Å². The molecule has 0 spiro atoms. The number of hydrogen-bond donors (Lipinski definition) is 3. The molecule has 0 radical (unpaired) electrons. The van der Waals surface area contributed by atoms with E-state index in [9.17, 15) is 4.79 Å². The summed E-state index contributed by atoms with van der Waals surface area (Å²) < 4.78 is 0. The average Bonchev–Trinajstić information content (AvgIpc) is 2.28. The fourth-order valence-electron chi connectivity index (χ4n) is 0.941. The molecule has 1 aromatic rings. The fraction of sp³-hybridized carbons (Fsp3) is 0.222. The van der Waals surface area contributed by atoms with Crippen LogP contribution in [0.5, 0.6) is 0 Å². The molecule has 86 valence electrons. The lowest BCUT2D eigenvalue weighted by Crippen LogP contribution is -2.42. The molecule has 16 heavy (non-hydrogen) atoms. The summed E-state index contributed by atoms with van der Waals surface area (Å²) in [5.74, 6) is -0.502. The van der Waals surface area contributed by atoms with Gasteiger partial charge in [0.1, 0.15) is 5.69 Å². The summed E-state index contributed by atoms with van der Waals surface area (Å²) >= 11 is 5.63. The molecule has 0 fully saturated rings. The minimum atomic E-state index is -0.574. The van der Waals surface area contributed by atoms with Crippen molar-refractivity contribution in [2.75, 3.05) is 0 Å². The molecule has 1 aromatic heterocycles. The molecule has 0 aromatic carbocycles. The molecule has 1 unspecified atom stereocenters. The van der Waals surface area contributed by atoms with Crippen LogP contribution in [0.15, 0.2) is 23.5 Å². The normalized spacial score (nSPS) is 13.2. The van der Waals surface area contributed by atoms with Crippen LogP contribution in [0.3, 0.4) is 0 Å². The maximum atomic E-state index is 11.6. The Kier molecular flexibility index (Phi) is 4.07. The van der Waals surface area contributed by atoms with Crippen molar-refractivity contribution in [3.05, 3.63) is 29.0 Å². The predicted octanol–water partition coefficient (Wildman–Crippen LogP) is 0.600. The number of pyridine rings is 1. The number of halogens is 1. The highest BCUT2D eigenvalue weighted by molar-refractivity contribution is 6.30. The number of nitrogens with one attached hydrogen (secondary N) is 1. The Bertz CT molecular complexity index is 404. The first-order valence-electron chi connectivity index (χ1n) is 4.44. The lowest BCUT2D eigenvalue weighted by Gasteiger charge is -2.11. The third kappa shape index (κ3) is 3.09. The van der Waals surface area contributed by atoms with Gasteiger partial charge in [0.05, 0.1) is 11.1 Å². The van der Waals surface area contributed by atoms with E-state index in [1.54, 1.807) is 13.0 Å². The summed E-state index contributed by atoms with van der Waals surface area (Å²) in [5.41, 5.74) is 5.52. The monoisotopic (exact) mass is 242 g/mol. The number of carbonyl (C=O) groups is 1. The Labute approximate surface area is 97.1 Å². The van der Waals surface area contributed by atoms with E-state index in [1.807, 2.05) is 0 Å². The average molecular weight is 243 g/mol. The smallest absolute Gasteiger partial charge is 0.270 e. The van der Waals surface area contributed by atoms with E-state index in [1.165, 1.54) is 12.3 Å². The second-order valence-electron chi connectivity index (χ2n) is 3.08. The molecule has 7 heteroatoms. The summed E-state index contributed by atoms with van der Waals surface area (Å²) in [7, 11) is 0. The van der Waals surface area contributed by atoms with Gasteiger partial charge < -0.3 is 16.3 Å². The first-order chi connectivity index (χ1) is 7.54. The van der Waals surface area contributed by atoms with Gasteiger partial charge in [-0.3, -0.25) is 4.79 Å². The van der Waals surface area contributed by atoms with Gasteiger partial charge >= 0.3 is 0 Å². The number of nitrogens with zero attached hydrogens (tertiary/aromatic N) is 2. The van der Waals surface area contributed by atoms with Gasteiger partial charge in [-0.25, -0.2) is 4.98 Å². The summed E-state index contributed by atoms with van der Waals surface area (Å²) in [6.45, 7) is 1.59. The summed E-state index contributed by atoms with van der Waals surface area (Å²) in [5, 5.41) is 14.1. The molecular weight excluding hydrogens is 232 g/mol. The van der Waals surface area contributed by atoms with E-state index in [2.05, 4.69) is 15.5 Å². The number of amidine groups is 1. The maximum absolute atomic E-state index is 11.6. The van der Waals surface area contributed by atoms with Crippen LogP contribution in [0.4, 0.5) is 0 Å². The predicted molar refractivity (Wildman–Crippen MR) is 59.6 cm³/mol. The second-order valence-corrected chi connectivity index (χ2v) is 3.52. The Morgan fingerprint density at radius 1 is 1.69 bits per heavy atom. The molecule has 0 saturated heterocycles. The van der Waals surface area contributed by atoms with Crippen molar-refractivity contribution in [2.45, 2.75) is 13.0 Å². The van der Waals surface area contributed by atoms with E-state index < -0.39 is 11.9 Å². The molecule has 6 nitrogen and oxygen atoms in total. The zero-order valence-electron chi connectivity index (χ0n) is 8.51. The number of nitrogens with two attached hydrogens (primary N) is 1. The standard InChI is InChI=1S/C9H11ClN4O2/c1-5(8(11)14-16)13-9(15)7-3-2-6(10)4-12-7/h2-5,16H,1H3,(H2,11,14)(H,13,15). The Balaban J connectivity index is 2.69. The minimum absolute atomic E-state index is 0.0812. The highest BCUT2D eigenvalue weighted by Gasteiger charge is 2.13. The van der Waals surface area contributed by atoms with Crippen LogP contribution < -0.4 is 11.1 Å². The molecule has 1 amide bonds. The van der Waals surface area contributed by atoms with Gasteiger partial charge in [-0.2, -0.15) is 0 Å². The zero-order valence-corrected chi connectivity index (χ0v) is 9.27. The van der Waals surface area contributed by atoms with Gasteiger partial charge in [0.2, 0.25) is 0 Å². The molecule has 0 saturated carbocycles. The van der Waals surface area contributed by atoms with E-state index in [0.717, 1.165) is 0 Å². The molecule has 1 atom stereocenters. The van der Waals surface area contributed by atoms with Crippen LogP contribution in [-0.2, 0) is 0 Å². The third-order valence-corrected chi connectivity index (χ3v) is 2.09. The van der Waals surface area contributed by atoms with Crippen molar-refractivity contribution >= 4 is 23.3 Å². The lowest BCUT2D eigenvalue weighted by molar-refractivity contribution is 0.0943. The SMILES string of the molecule is CC(NC(=O)c1ccc(Cl)cn1)C(N)=NO. The van der Waals surface area contributed by atoms with Gasteiger partial charge in [0, 0.05) is 6.20 Å². The number of aromatic nitrogens is 1. The van der Waals surface area contributed by atoms with Crippen molar-refractivity contribution in [2.24, 2.45) is 10.9 Å².